The highest BCUT2D eigenvalue weighted by molar-refractivity contribution is 6.07. The minimum Gasteiger partial charge on any atom is -0.493 e. The molecule has 0 saturated heterocycles. The summed E-state index contributed by atoms with van der Waals surface area (Å²) >= 11 is 0. The Morgan fingerprint density at radius 1 is 1.00 bits per heavy atom. The average Bonchev–Trinajstić information content (AvgIpc) is 2.81. The number of hydrazone groups is 1. The number of hydrogen-bond donors (Lipinski definition) is 1. The van der Waals surface area contributed by atoms with Crippen molar-refractivity contribution in [3.05, 3.63) is 95.1 Å². The van der Waals surface area contributed by atoms with E-state index >= 15 is 0 Å². The van der Waals surface area contributed by atoms with Gasteiger partial charge in [0.15, 0.2) is 0 Å². The van der Waals surface area contributed by atoms with E-state index in [2.05, 4.69) is 36.5 Å². The highest BCUT2D eigenvalue weighted by Crippen LogP contribution is 2.26. The minimum atomic E-state index is -0.293. The first-order chi connectivity index (χ1) is 15.6. The topological polar surface area (TPSA) is 63.6 Å². The molecule has 0 spiro atoms. The fourth-order valence-corrected chi connectivity index (χ4v) is 3.51. The van der Waals surface area contributed by atoms with Crippen LogP contribution in [0.15, 0.2) is 77.9 Å². The van der Waals surface area contributed by atoms with E-state index in [1.807, 2.05) is 67.6 Å². The van der Waals surface area contributed by atoms with Gasteiger partial charge in [0.25, 0.3) is 5.91 Å². The molecule has 160 valence electrons. The number of carbonyl (C=O) groups excluding carboxylic acids is 1. The van der Waals surface area contributed by atoms with Gasteiger partial charge in [-0.3, -0.25) is 4.79 Å². The Bertz CT molecular complexity index is 1310. The highest BCUT2D eigenvalue weighted by Gasteiger charge is 2.14. The summed E-state index contributed by atoms with van der Waals surface area (Å²) in [6, 6.07) is 23.2. The van der Waals surface area contributed by atoms with E-state index in [9.17, 15) is 4.79 Å². The molecule has 0 fully saturated rings. The Hall–Kier alpha value is -3.99. The molecule has 32 heavy (non-hydrogen) atoms. The summed E-state index contributed by atoms with van der Waals surface area (Å²) in [5, 5.41) is 4.95. The summed E-state index contributed by atoms with van der Waals surface area (Å²) < 4.78 is 5.61. The van der Waals surface area contributed by atoms with Gasteiger partial charge in [0.1, 0.15) is 5.75 Å². The molecule has 1 N–H and O–H groups in total. The second-order valence-corrected chi connectivity index (χ2v) is 7.54. The van der Waals surface area contributed by atoms with Crippen molar-refractivity contribution in [1.29, 1.82) is 0 Å². The number of benzene rings is 3. The zero-order valence-corrected chi connectivity index (χ0v) is 18.4. The third-order valence-corrected chi connectivity index (χ3v) is 5.35. The molecule has 0 radical (unpaired) electrons. The van der Waals surface area contributed by atoms with Crippen molar-refractivity contribution < 1.29 is 9.53 Å². The van der Waals surface area contributed by atoms with E-state index < -0.39 is 0 Å². The Morgan fingerprint density at radius 2 is 1.78 bits per heavy atom. The summed E-state index contributed by atoms with van der Waals surface area (Å²) in [6.45, 7) is 6.63. The monoisotopic (exact) mass is 423 g/mol. The van der Waals surface area contributed by atoms with Crippen LogP contribution in [0.2, 0.25) is 0 Å². The van der Waals surface area contributed by atoms with E-state index in [1.54, 1.807) is 6.21 Å². The number of aryl methyl sites for hydroxylation is 2. The Kier molecular flexibility index (Phi) is 6.26. The predicted molar refractivity (Wildman–Crippen MR) is 129 cm³/mol. The van der Waals surface area contributed by atoms with Gasteiger partial charge in [0, 0.05) is 16.5 Å². The van der Waals surface area contributed by atoms with Crippen molar-refractivity contribution in [2.75, 3.05) is 6.61 Å². The second-order valence-electron chi connectivity index (χ2n) is 7.54. The number of fused-ring (bicyclic) bond motifs is 1. The summed E-state index contributed by atoms with van der Waals surface area (Å²) in [5.41, 5.74) is 8.87. The molecule has 0 saturated carbocycles. The van der Waals surface area contributed by atoms with Gasteiger partial charge in [-0.05, 0) is 62.2 Å². The fourth-order valence-electron chi connectivity index (χ4n) is 3.51. The number of hydrogen-bond acceptors (Lipinski definition) is 4. The highest BCUT2D eigenvalue weighted by atomic mass is 16.5. The van der Waals surface area contributed by atoms with Gasteiger partial charge in [-0.2, -0.15) is 5.10 Å². The predicted octanol–water partition coefficient (Wildman–Crippen LogP) is 5.68. The molecule has 1 heterocycles. The van der Waals surface area contributed by atoms with Gasteiger partial charge in [0.05, 0.1) is 29.6 Å². The van der Waals surface area contributed by atoms with Crippen LogP contribution in [0.1, 0.15) is 34.0 Å². The van der Waals surface area contributed by atoms with Crippen LogP contribution in [0.4, 0.5) is 0 Å². The van der Waals surface area contributed by atoms with Gasteiger partial charge in [-0.25, -0.2) is 10.4 Å². The first kappa shape index (κ1) is 21.2. The van der Waals surface area contributed by atoms with E-state index in [0.29, 0.717) is 12.2 Å². The lowest BCUT2D eigenvalue weighted by Gasteiger charge is -2.10. The number of ether oxygens (including phenoxy) is 1. The number of aromatic nitrogens is 1. The van der Waals surface area contributed by atoms with Crippen molar-refractivity contribution in [3.8, 4) is 17.0 Å². The molecular formula is C27H25N3O2. The number of para-hydroxylation sites is 2. The third kappa shape index (κ3) is 4.52. The number of carbonyl (C=O) groups is 1. The number of nitrogens with zero attached hydrogens (tertiary/aromatic N) is 2. The largest absolute Gasteiger partial charge is 0.493 e. The fraction of sp³-hybridized carbons (Fsp3) is 0.148. The minimum absolute atomic E-state index is 0.293. The number of amides is 1. The first-order valence-electron chi connectivity index (χ1n) is 10.6. The van der Waals surface area contributed by atoms with E-state index in [-0.39, 0.29) is 5.91 Å². The van der Waals surface area contributed by atoms with Gasteiger partial charge in [-0.1, -0.05) is 42.5 Å². The zero-order valence-electron chi connectivity index (χ0n) is 18.4. The normalized spacial score (nSPS) is 11.1. The van der Waals surface area contributed by atoms with Crippen LogP contribution in [-0.2, 0) is 0 Å². The molecule has 4 rings (SSSR count). The summed E-state index contributed by atoms with van der Waals surface area (Å²) in [6.07, 6.45) is 1.59. The van der Waals surface area contributed by atoms with Crippen molar-refractivity contribution in [3.63, 3.8) is 0 Å². The maximum absolute atomic E-state index is 13.1. The molecule has 1 aromatic heterocycles. The molecule has 0 atom stereocenters. The molecule has 1 amide bonds. The van der Waals surface area contributed by atoms with Crippen LogP contribution < -0.4 is 10.2 Å². The quantitative estimate of drug-likeness (QED) is 0.320. The van der Waals surface area contributed by atoms with Crippen LogP contribution in [0.25, 0.3) is 22.2 Å². The number of rotatable bonds is 6. The van der Waals surface area contributed by atoms with Crippen molar-refractivity contribution in [2.45, 2.75) is 20.8 Å². The van der Waals surface area contributed by atoms with E-state index in [1.165, 1.54) is 11.1 Å². The first-order valence-corrected chi connectivity index (χ1v) is 10.6. The van der Waals surface area contributed by atoms with Crippen molar-refractivity contribution in [1.82, 2.24) is 10.4 Å². The third-order valence-electron chi connectivity index (χ3n) is 5.35. The summed E-state index contributed by atoms with van der Waals surface area (Å²) in [4.78, 5) is 17.9. The van der Waals surface area contributed by atoms with Gasteiger partial charge < -0.3 is 4.74 Å². The SMILES string of the molecule is CCOc1ccccc1C=NNC(=O)c1cc(-c2ccc(C)c(C)c2)nc2ccccc12. The molecule has 0 aliphatic heterocycles. The zero-order chi connectivity index (χ0) is 22.5. The standard InChI is InChI=1S/C27H25N3O2/c1-4-32-26-12-8-5-9-21(26)17-28-30-27(31)23-16-25(20-14-13-18(2)19(3)15-20)29-24-11-7-6-10-22(23)24/h5-17H,4H2,1-3H3,(H,30,31). The lowest BCUT2D eigenvalue weighted by Crippen LogP contribution is -2.18. The molecule has 0 aliphatic rings. The molecule has 4 aromatic rings. The molecule has 3 aromatic carbocycles. The number of pyridine rings is 1. The van der Waals surface area contributed by atoms with E-state index in [0.717, 1.165) is 33.5 Å². The van der Waals surface area contributed by atoms with Gasteiger partial charge in [0.2, 0.25) is 0 Å². The number of nitrogens with one attached hydrogen (secondary N) is 1. The summed E-state index contributed by atoms with van der Waals surface area (Å²) in [5.74, 6) is 0.429. The molecule has 5 nitrogen and oxygen atoms in total. The Labute approximate surface area is 187 Å². The second kappa shape index (κ2) is 9.43. The lowest BCUT2D eigenvalue weighted by molar-refractivity contribution is 0.0956. The van der Waals surface area contributed by atoms with Crippen LogP contribution in [-0.4, -0.2) is 23.7 Å². The molecule has 0 bridgehead atoms. The average molecular weight is 424 g/mol. The van der Waals surface area contributed by atoms with Gasteiger partial charge in [-0.15, -0.1) is 0 Å². The Balaban J connectivity index is 1.67. The van der Waals surface area contributed by atoms with E-state index in [4.69, 9.17) is 9.72 Å². The lowest BCUT2D eigenvalue weighted by atomic mass is 10.0. The smallest absolute Gasteiger partial charge is 0.272 e. The maximum atomic E-state index is 13.1. The molecule has 5 heteroatoms. The maximum Gasteiger partial charge on any atom is 0.272 e. The van der Waals surface area contributed by atoms with Crippen LogP contribution >= 0.6 is 0 Å². The van der Waals surface area contributed by atoms with Crippen molar-refractivity contribution in [2.24, 2.45) is 5.10 Å². The Morgan fingerprint density at radius 3 is 2.59 bits per heavy atom. The molecule has 0 unspecified atom stereocenters. The van der Waals surface area contributed by atoms with Crippen LogP contribution in [0.3, 0.4) is 0 Å². The summed E-state index contributed by atoms with van der Waals surface area (Å²) in [7, 11) is 0. The molecule has 0 aliphatic carbocycles. The van der Waals surface area contributed by atoms with Crippen LogP contribution in [0, 0.1) is 13.8 Å². The van der Waals surface area contributed by atoms with Crippen molar-refractivity contribution >= 4 is 23.0 Å². The van der Waals surface area contributed by atoms with Gasteiger partial charge >= 0.3 is 0 Å². The van der Waals surface area contributed by atoms with Crippen LogP contribution in [0.5, 0.6) is 5.75 Å². The molecular weight excluding hydrogens is 398 g/mol.